The Labute approximate surface area is 110 Å². The van der Waals surface area contributed by atoms with E-state index in [4.69, 9.17) is 22.4 Å². The van der Waals surface area contributed by atoms with Crippen molar-refractivity contribution >= 4 is 28.8 Å². The molecule has 5 heteroatoms. The van der Waals surface area contributed by atoms with Gasteiger partial charge in [0.2, 0.25) is 0 Å². The molecule has 1 amide bonds. The number of carbonyl (C=O) groups excluding carboxylic acids is 1. The number of hydrogen-bond donors (Lipinski definition) is 2. The topological polar surface area (TPSA) is 68.3 Å². The Morgan fingerprint density at radius 2 is 2.11 bits per heavy atom. The van der Waals surface area contributed by atoms with Crippen molar-refractivity contribution < 1.29 is 9.21 Å². The van der Waals surface area contributed by atoms with E-state index in [1.807, 2.05) is 0 Å². The number of carbonyl (C=O) groups is 1. The van der Waals surface area contributed by atoms with Crippen LogP contribution >= 0.6 is 12.2 Å². The summed E-state index contributed by atoms with van der Waals surface area (Å²) < 4.78 is 5.08. The standard InChI is InChI=1S/C13H12N2O2S/c1-8-5-10(7-17-8)13(16)15-11-4-2-3-9(6-11)12(14)18/h2-7H,1H3,(H2,14,18)(H,15,16). The second kappa shape index (κ2) is 5.01. The third-order valence-electron chi connectivity index (χ3n) is 2.40. The second-order valence-electron chi connectivity index (χ2n) is 3.85. The van der Waals surface area contributed by atoms with Crippen LogP contribution in [0.25, 0.3) is 0 Å². The van der Waals surface area contributed by atoms with Gasteiger partial charge in [0.05, 0.1) is 5.56 Å². The molecule has 0 atom stereocenters. The summed E-state index contributed by atoms with van der Waals surface area (Å²) in [5.41, 5.74) is 7.37. The van der Waals surface area contributed by atoms with Crippen LogP contribution < -0.4 is 11.1 Å². The van der Waals surface area contributed by atoms with Gasteiger partial charge in [0, 0.05) is 11.3 Å². The molecule has 0 aliphatic rings. The van der Waals surface area contributed by atoms with Crippen molar-refractivity contribution in [2.45, 2.75) is 6.92 Å². The molecule has 1 heterocycles. The lowest BCUT2D eigenvalue weighted by molar-refractivity contribution is 0.102. The smallest absolute Gasteiger partial charge is 0.258 e. The second-order valence-corrected chi connectivity index (χ2v) is 4.29. The number of rotatable bonds is 3. The zero-order valence-electron chi connectivity index (χ0n) is 9.77. The largest absolute Gasteiger partial charge is 0.469 e. The zero-order valence-corrected chi connectivity index (χ0v) is 10.6. The lowest BCUT2D eigenvalue weighted by Gasteiger charge is -2.05. The Bertz CT molecular complexity index is 605. The summed E-state index contributed by atoms with van der Waals surface area (Å²) >= 11 is 4.88. The van der Waals surface area contributed by atoms with Gasteiger partial charge in [-0.1, -0.05) is 24.4 Å². The number of aryl methyl sites for hydroxylation is 1. The number of thiocarbonyl (C=S) groups is 1. The predicted octanol–water partition coefficient (Wildman–Crippen LogP) is 2.47. The Kier molecular flexibility index (Phi) is 3.43. The molecule has 18 heavy (non-hydrogen) atoms. The molecule has 2 rings (SSSR count). The first kappa shape index (κ1) is 12.3. The minimum Gasteiger partial charge on any atom is -0.469 e. The van der Waals surface area contributed by atoms with Crippen LogP contribution in [0.5, 0.6) is 0 Å². The first-order valence-electron chi connectivity index (χ1n) is 5.32. The van der Waals surface area contributed by atoms with Crippen LogP contribution in [-0.4, -0.2) is 10.9 Å². The van der Waals surface area contributed by atoms with Gasteiger partial charge in [-0.15, -0.1) is 0 Å². The molecule has 0 radical (unpaired) electrons. The molecular weight excluding hydrogens is 248 g/mol. The molecular formula is C13H12N2O2S. The third-order valence-corrected chi connectivity index (χ3v) is 2.63. The third kappa shape index (κ3) is 2.75. The van der Waals surface area contributed by atoms with Crippen molar-refractivity contribution in [3.05, 3.63) is 53.5 Å². The summed E-state index contributed by atoms with van der Waals surface area (Å²) in [5, 5.41) is 2.75. The van der Waals surface area contributed by atoms with Gasteiger partial charge in [0.25, 0.3) is 5.91 Å². The highest BCUT2D eigenvalue weighted by Gasteiger charge is 2.09. The van der Waals surface area contributed by atoms with Crippen molar-refractivity contribution in [1.29, 1.82) is 0 Å². The number of nitrogens with two attached hydrogens (primary N) is 1. The highest BCUT2D eigenvalue weighted by atomic mass is 32.1. The lowest BCUT2D eigenvalue weighted by atomic mass is 10.2. The van der Waals surface area contributed by atoms with Gasteiger partial charge in [-0.25, -0.2) is 0 Å². The summed E-state index contributed by atoms with van der Waals surface area (Å²) in [6.07, 6.45) is 1.42. The SMILES string of the molecule is Cc1cc(C(=O)Nc2cccc(C(N)=S)c2)co1. The van der Waals surface area contributed by atoms with E-state index in [0.717, 1.165) is 0 Å². The minimum atomic E-state index is -0.230. The summed E-state index contributed by atoms with van der Waals surface area (Å²) in [7, 11) is 0. The van der Waals surface area contributed by atoms with E-state index in [1.165, 1.54) is 6.26 Å². The fourth-order valence-electron chi connectivity index (χ4n) is 1.52. The first-order valence-corrected chi connectivity index (χ1v) is 5.73. The maximum absolute atomic E-state index is 11.9. The van der Waals surface area contributed by atoms with Crippen LogP contribution in [0.1, 0.15) is 21.7 Å². The molecule has 0 unspecified atom stereocenters. The molecule has 1 aromatic carbocycles. The van der Waals surface area contributed by atoms with E-state index >= 15 is 0 Å². The van der Waals surface area contributed by atoms with Crippen LogP contribution in [0, 0.1) is 6.92 Å². The summed E-state index contributed by atoms with van der Waals surface area (Å²) in [4.78, 5) is 12.2. The number of anilines is 1. The van der Waals surface area contributed by atoms with Gasteiger partial charge < -0.3 is 15.5 Å². The number of amides is 1. The van der Waals surface area contributed by atoms with E-state index in [1.54, 1.807) is 37.3 Å². The number of furan rings is 1. The molecule has 92 valence electrons. The minimum absolute atomic E-state index is 0.230. The van der Waals surface area contributed by atoms with Crippen LogP contribution in [0.4, 0.5) is 5.69 Å². The Morgan fingerprint density at radius 1 is 1.33 bits per heavy atom. The Hall–Kier alpha value is -2.14. The molecule has 0 bridgehead atoms. The number of hydrogen-bond acceptors (Lipinski definition) is 3. The van der Waals surface area contributed by atoms with E-state index in [0.29, 0.717) is 27.6 Å². The van der Waals surface area contributed by atoms with Gasteiger partial charge in [-0.3, -0.25) is 4.79 Å². The van der Waals surface area contributed by atoms with Gasteiger partial charge in [-0.05, 0) is 25.1 Å². The lowest BCUT2D eigenvalue weighted by Crippen LogP contribution is -2.13. The Morgan fingerprint density at radius 3 is 2.72 bits per heavy atom. The number of benzene rings is 1. The van der Waals surface area contributed by atoms with Crippen LogP contribution in [0.15, 0.2) is 41.0 Å². The first-order chi connectivity index (χ1) is 8.56. The summed E-state index contributed by atoms with van der Waals surface area (Å²) in [6, 6.07) is 8.75. The van der Waals surface area contributed by atoms with Crippen molar-refractivity contribution in [3.8, 4) is 0 Å². The molecule has 0 spiro atoms. The average molecular weight is 260 g/mol. The van der Waals surface area contributed by atoms with Crippen LogP contribution in [-0.2, 0) is 0 Å². The number of nitrogens with one attached hydrogen (secondary N) is 1. The highest BCUT2D eigenvalue weighted by molar-refractivity contribution is 7.80. The van der Waals surface area contributed by atoms with E-state index in [-0.39, 0.29) is 5.91 Å². The van der Waals surface area contributed by atoms with Crippen LogP contribution in [0.3, 0.4) is 0 Å². The van der Waals surface area contributed by atoms with Crippen molar-refractivity contribution in [1.82, 2.24) is 0 Å². The van der Waals surface area contributed by atoms with E-state index in [2.05, 4.69) is 5.32 Å². The normalized spacial score (nSPS) is 10.1. The summed E-state index contributed by atoms with van der Waals surface area (Å²) in [5.74, 6) is 0.462. The zero-order chi connectivity index (χ0) is 13.1. The molecule has 4 nitrogen and oxygen atoms in total. The van der Waals surface area contributed by atoms with Crippen molar-refractivity contribution in [2.75, 3.05) is 5.32 Å². The fraction of sp³-hybridized carbons (Fsp3) is 0.0769. The monoisotopic (exact) mass is 260 g/mol. The fourth-order valence-corrected chi connectivity index (χ4v) is 1.64. The molecule has 3 N–H and O–H groups in total. The molecule has 0 aliphatic heterocycles. The Balaban J connectivity index is 2.16. The van der Waals surface area contributed by atoms with E-state index < -0.39 is 0 Å². The molecule has 1 aromatic heterocycles. The molecule has 0 saturated heterocycles. The van der Waals surface area contributed by atoms with Gasteiger partial charge in [-0.2, -0.15) is 0 Å². The van der Waals surface area contributed by atoms with E-state index in [9.17, 15) is 4.79 Å². The van der Waals surface area contributed by atoms with Gasteiger partial charge >= 0.3 is 0 Å². The van der Waals surface area contributed by atoms with Gasteiger partial charge in [0.1, 0.15) is 17.0 Å². The quantitative estimate of drug-likeness (QED) is 0.832. The highest BCUT2D eigenvalue weighted by Crippen LogP contribution is 2.13. The molecule has 2 aromatic rings. The van der Waals surface area contributed by atoms with Crippen LogP contribution in [0.2, 0.25) is 0 Å². The maximum atomic E-state index is 11.9. The van der Waals surface area contributed by atoms with Gasteiger partial charge in [0.15, 0.2) is 0 Å². The van der Waals surface area contributed by atoms with Crippen molar-refractivity contribution in [2.24, 2.45) is 5.73 Å². The predicted molar refractivity (Wildman–Crippen MR) is 73.7 cm³/mol. The molecule has 0 fully saturated rings. The molecule has 0 saturated carbocycles. The average Bonchev–Trinajstić information content (AvgIpc) is 2.76. The maximum Gasteiger partial charge on any atom is 0.258 e. The summed E-state index contributed by atoms with van der Waals surface area (Å²) in [6.45, 7) is 1.78. The van der Waals surface area contributed by atoms with Crippen molar-refractivity contribution in [3.63, 3.8) is 0 Å². The molecule has 0 aliphatic carbocycles.